The van der Waals surface area contributed by atoms with Crippen LogP contribution >= 0.6 is 0 Å². The summed E-state index contributed by atoms with van der Waals surface area (Å²) in [4.78, 5) is 13.5. The fourth-order valence-electron chi connectivity index (χ4n) is 1.24. The first-order valence-corrected chi connectivity index (χ1v) is 5.16. The van der Waals surface area contributed by atoms with Gasteiger partial charge in [0.1, 0.15) is 5.60 Å². The van der Waals surface area contributed by atoms with E-state index in [9.17, 15) is 4.79 Å². The van der Waals surface area contributed by atoms with Crippen LogP contribution in [0.3, 0.4) is 0 Å². The topological polar surface area (TPSA) is 41.6 Å². The average molecular weight is 200 g/mol. The van der Waals surface area contributed by atoms with Gasteiger partial charge in [-0.1, -0.05) is 0 Å². The third kappa shape index (κ3) is 4.46. The second kappa shape index (κ2) is 4.64. The van der Waals surface area contributed by atoms with Crippen molar-refractivity contribution >= 4 is 6.09 Å². The van der Waals surface area contributed by atoms with E-state index in [-0.39, 0.29) is 6.09 Å². The summed E-state index contributed by atoms with van der Waals surface area (Å²) < 4.78 is 5.10. The summed E-state index contributed by atoms with van der Waals surface area (Å²) in [5.74, 6) is 0. The number of likely N-dealkylation sites (tertiary alicyclic amines) is 1. The van der Waals surface area contributed by atoms with Crippen molar-refractivity contribution in [1.29, 1.82) is 0 Å². The molecular formula is C10H20N2O2. The predicted octanol–water partition coefficient (Wildman–Crippen LogP) is 1.22. The maximum Gasteiger partial charge on any atom is 0.407 e. The summed E-state index contributed by atoms with van der Waals surface area (Å²) in [6.45, 7) is 9.52. The first-order valence-electron chi connectivity index (χ1n) is 5.16. The fraction of sp³-hybridized carbons (Fsp3) is 0.900. The molecule has 14 heavy (non-hydrogen) atoms. The van der Waals surface area contributed by atoms with Crippen LogP contribution in [0.1, 0.15) is 27.2 Å². The number of nitrogens with one attached hydrogen (secondary N) is 1. The van der Waals surface area contributed by atoms with E-state index in [0.29, 0.717) is 6.54 Å². The summed E-state index contributed by atoms with van der Waals surface area (Å²) in [6.07, 6.45) is 0.963. The highest BCUT2D eigenvalue weighted by Gasteiger charge is 2.17. The van der Waals surface area contributed by atoms with E-state index in [2.05, 4.69) is 10.2 Å². The van der Waals surface area contributed by atoms with Gasteiger partial charge in [-0.2, -0.15) is 0 Å². The number of nitrogens with zero attached hydrogens (tertiary/aromatic N) is 1. The number of hydrogen-bond donors (Lipinski definition) is 1. The molecule has 4 heteroatoms. The number of ether oxygens (including phenoxy) is 1. The monoisotopic (exact) mass is 200 g/mol. The van der Waals surface area contributed by atoms with E-state index in [1.54, 1.807) is 0 Å². The summed E-state index contributed by atoms with van der Waals surface area (Å²) in [7, 11) is 0. The zero-order chi connectivity index (χ0) is 10.6. The number of amides is 1. The molecule has 1 saturated heterocycles. The van der Waals surface area contributed by atoms with Crippen molar-refractivity contribution in [3.63, 3.8) is 0 Å². The first kappa shape index (κ1) is 11.3. The van der Waals surface area contributed by atoms with E-state index in [1.165, 1.54) is 6.42 Å². The van der Waals surface area contributed by atoms with Crippen LogP contribution in [0.5, 0.6) is 0 Å². The smallest absolute Gasteiger partial charge is 0.407 e. The molecule has 0 saturated carbocycles. The van der Waals surface area contributed by atoms with Crippen molar-refractivity contribution in [2.24, 2.45) is 0 Å². The van der Waals surface area contributed by atoms with Gasteiger partial charge < -0.3 is 15.0 Å². The first-order chi connectivity index (χ1) is 6.47. The lowest BCUT2D eigenvalue weighted by atomic mass is 10.2. The molecule has 1 aliphatic heterocycles. The van der Waals surface area contributed by atoms with E-state index in [0.717, 1.165) is 19.6 Å². The molecule has 0 radical (unpaired) electrons. The zero-order valence-corrected chi connectivity index (χ0v) is 9.30. The van der Waals surface area contributed by atoms with Crippen LogP contribution < -0.4 is 5.32 Å². The Kier molecular flexibility index (Phi) is 3.75. The van der Waals surface area contributed by atoms with E-state index in [4.69, 9.17) is 4.74 Å². The molecule has 1 rings (SSSR count). The summed E-state index contributed by atoms with van der Waals surface area (Å²) in [5, 5.41) is 2.74. The lowest BCUT2D eigenvalue weighted by molar-refractivity contribution is 0.0516. The van der Waals surface area contributed by atoms with E-state index >= 15 is 0 Å². The van der Waals surface area contributed by atoms with Gasteiger partial charge in [0.05, 0.1) is 0 Å². The largest absolute Gasteiger partial charge is 0.444 e. The Balaban J connectivity index is 2.02. The minimum atomic E-state index is -0.402. The van der Waals surface area contributed by atoms with Crippen molar-refractivity contribution in [3.8, 4) is 0 Å². The maximum absolute atomic E-state index is 11.2. The van der Waals surface area contributed by atoms with Crippen LogP contribution in [-0.4, -0.2) is 42.8 Å². The molecule has 0 unspecified atom stereocenters. The standard InChI is InChI=1S/C10H20N2O2/c1-10(2,3)14-9(13)11-5-8-12-6-4-7-12/h4-8H2,1-3H3,(H,11,13). The van der Waals surface area contributed by atoms with Crippen LogP contribution in [0.4, 0.5) is 4.79 Å². The summed E-state index contributed by atoms with van der Waals surface area (Å²) in [5.41, 5.74) is -0.402. The fourth-order valence-corrected chi connectivity index (χ4v) is 1.24. The number of alkyl carbamates (subject to hydrolysis) is 1. The minimum Gasteiger partial charge on any atom is -0.444 e. The Morgan fingerprint density at radius 3 is 2.50 bits per heavy atom. The molecule has 0 aromatic heterocycles. The number of hydrogen-bond acceptors (Lipinski definition) is 3. The molecule has 82 valence electrons. The lowest BCUT2D eigenvalue weighted by Gasteiger charge is -2.30. The molecule has 4 nitrogen and oxygen atoms in total. The molecule has 1 fully saturated rings. The Bertz CT molecular complexity index is 195. The van der Waals surface area contributed by atoms with Gasteiger partial charge in [-0.25, -0.2) is 4.79 Å². The number of carbonyl (C=O) groups is 1. The Hall–Kier alpha value is -0.770. The van der Waals surface area contributed by atoms with Crippen LogP contribution in [0.15, 0.2) is 0 Å². The van der Waals surface area contributed by atoms with Crippen molar-refractivity contribution in [1.82, 2.24) is 10.2 Å². The summed E-state index contributed by atoms with van der Waals surface area (Å²) >= 11 is 0. The highest BCUT2D eigenvalue weighted by molar-refractivity contribution is 5.67. The highest BCUT2D eigenvalue weighted by atomic mass is 16.6. The molecule has 1 aliphatic rings. The van der Waals surface area contributed by atoms with Gasteiger partial charge in [0.25, 0.3) is 0 Å². The molecule has 0 bridgehead atoms. The van der Waals surface area contributed by atoms with Gasteiger partial charge in [0, 0.05) is 13.1 Å². The van der Waals surface area contributed by atoms with Crippen LogP contribution in [-0.2, 0) is 4.74 Å². The van der Waals surface area contributed by atoms with Gasteiger partial charge in [-0.05, 0) is 40.3 Å². The van der Waals surface area contributed by atoms with Gasteiger partial charge in [-0.15, -0.1) is 0 Å². The third-order valence-corrected chi connectivity index (χ3v) is 2.04. The quantitative estimate of drug-likeness (QED) is 0.744. The SMILES string of the molecule is CC(C)(C)OC(=O)NCCN1CCC1. The van der Waals surface area contributed by atoms with Gasteiger partial charge in [0.2, 0.25) is 0 Å². The summed E-state index contributed by atoms with van der Waals surface area (Å²) in [6, 6.07) is 0. The second-order valence-corrected chi connectivity index (χ2v) is 4.62. The molecular weight excluding hydrogens is 180 g/mol. The minimum absolute atomic E-state index is 0.321. The van der Waals surface area contributed by atoms with Crippen LogP contribution in [0.2, 0.25) is 0 Å². The average Bonchev–Trinajstić information content (AvgIpc) is 1.90. The van der Waals surface area contributed by atoms with Gasteiger partial charge in [-0.3, -0.25) is 0 Å². The lowest BCUT2D eigenvalue weighted by Crippen LogP contribution is -2.43. The predicted molar refractivity (Wildman–Crippen MR) is 55.3 cm³/mol. The molecule has 0 spiro atoms. The molecule has 0 aromatic rings. The van der Waals surface area contributed by atoms with Gasteiger partial charge >= 0.3 is 6.09 Å². The Labute approximate surface area is 85.6 Å². The molecule has 1 heterocycles. The van der Waals surface area contributed by atoms with Crippen LogP contribution in [0.25, 0.3) is 0 Å². The second-order valence-electron chi connectivity index (χ2n) is 4.62. The Morgan fingerprint density at radius 2 is 2.07 bits per heavy atom. The van der Waals surface area contributed by atoms with Crippen molar-refractivity contribution in [2.45, 2.75) is 32.8 Å². The van der Waals surface area contributed by atoms with E-state index in [1.807, 2.05) is 20.8 Å². The van der Waals surface area contributed by atoms with Crippen molar-refractivity contribution in [2.75, 3.05) is 26.2 Å². The van der Waals surface area contributed by atoms with Crippen molar-refractivity contribution in [3.05, 3.63) is 0 Å². The number of carbonyl (C=O) groups excluding carboxylic acids is 1. The Morgan fingerprint density at radius 1 is 1.43 bits per heavy atom. The van der Waals surface area contributed by atoms with Gasteiger partial charge in [0.15, 0.2) is 0 Å². The normalized spacial score (nSPS) is 17.4. The molecule has 1 N–H and O–H groups in total. The maximum atomic E-state index is 11.2. The zero-order valence-electron chi connectivity index (χ0n) is 9.30. The van der Waals surface area contributed by atoms with Crippen LogP contribution in [0, 0.1) is 0 Å². The molecule has 1 amide bonds. The number of rotatable bonds is 3. The molecule has 0 atom stereocenters. The van der Waals surface area contributed by atoms with E-state index < -0.39 is 5.60 Å². The molecule has 0 aliphatic carbocycles. The highest BCUT2D eigenvalue weighted by Crippen LogP contribution is 2.06. The third-order valence-electron chi connectivity index (χ3n) is 2.04. The van der Waals surface area contributed by atoms with Crippen molar-refractivity contribution < 1.29 is 9.53 Å². The molecule has 0 aromatic carbocycles.